The molecule has 0 saturated carbocycles. The quantitative estimate of drug-likeness (QED) is 0.822. The summed E-state index contributed by atoms with van der Waals surface area (Å²) in [4.78, 5) is 7.40. The van der Waals surface area contributed by atoms with E-state index in [1.54, 1.807) is 6.07 Å². The van der Waals surface area contributed by atoms with Gasteiger partial charge in [-0.2, -0.15) is 0 Å². The summed E-state index contributed by atoms with van der Waals surface area (Å²) in [7, 11) is -3.49. The molecule has 1 aliphatic carbocycles. The molecule has 7 heteroatoms. The minimum atomic E-state index is -3.49. The summed E-state index contributed by atoms with van der Waals surface area (Å²) in [6.45, 7) is 3.40. The zero-order valence-electron chi connectivity index (χ0n) is 14.9. The van der Waals surface area contributed by atoms with E-state index in [0.717, 1.165) is 49.6 Å². The standard InChI is InChI=1S/C19H25N3O2S2/c23-26(24,18-8-7-15-5-4-6-16(15)11-18)20-12-19-21-17(14-25-19)13-22-9-2-1-3-10-22/h7-8,11,14,20H,1-6,9-10,12-13H2. The first kappa shape index (κ1) is 18.1. The van der Waals surface area contributed by atoms with Crippen molar-refractivity contribution in [3.8, 4) is 0 Å². The number of likely N-dealkylation sites (tertiary alicyclic amines) is 1. The minimum Gasteiger partial charge on any atom is -0.297 e. The number of rotatable bonds is 6. The number of hydrogen-bond acceptors (Lipinski definition) is 5. The Morgan fingerprint density at radius 1 is 1.08 bits per heavy atom. The molecule has 0 amide bonds. The van der Waals surface area contributed by atoms with Crippen LogP contribution in [0.5, 0.6) is 0 Å². The van der Waals surface area contributed by atoms with Crippen LogP contribution in [0.25, 0.3) is 0 Å². The second kappa shape index (κ2) is 7.76. The Bertz CT molecular complexity index is 871. The number of hydrogen-bond donors (Lipinski definition) is 1. The van der Waals surface area contributed by atoms with E-state index in [9.17, 15) is 8.42 Å². The molecule has 0 atom stereocenters. The maximum absolute atomic E-state index is 12.6. The third-order valence-corrected chi connectivity index (χ3v) is 7.52. The Labute approximate surface area is 159 Å². The average Bonchev–Trinajstić information content (AvgIpc) is 3.29. The molecule has 140 valence electrons. The normalized spacial score (nSPS) is 18.2. The van der Waals surface area contributed by atoms with Crippen LogP contribution in [0.15, 0.2) is 28.5 Å². The van der Waals surface area contributed by atoms with Crippen molar-refractivity contribution < 1.29 is 8.42 Å². The van der Waals surface area contributed by atoms with Crippen molar-refractivity contribution in [2.75, 3.05) is 13.1 Å². The maximum atomic E-state index is 12.6. The first-order valence-corrected chi connectivity index (χ1v) is 11.7. The Balaban J connectivity index is 1.37. The number of fused-ring (bicyclic) bond motifs is 1. The minimum absolute atomic E-state index is 0.254. The summed E-state index contributed by atoms with van der Waals surface area (Å²) in [6, 6.07) is 5.50. The van der Waals surface area contributed by atoms with E-state index in [0.29, 0.717) is 4.90 Å². The van der Waals surface area contributed by atoms with Gasteiger partial charge in [-0.25, -0.2) is 18.1 Å². The van der Waals surface area contributed by atoms with Crippen LogP contribution in [-0.2, 0) is 36.0 Å². The third kappa shape index (κ3) is 4.17. The predicted octanol–water partition coefficient (Wildman–Crippen LogP) is 3.10. The molecule has 0 radical (unpaired) electrons. The molecule has 2 aliphatic rings. The lowest BCUT2D eigenvalue weighted by molar-refractivity contribution is 0.219. The van der Waals surface area contributed by atoms with E-state index >= 15 is 0 Å². The van der Waals surface area contributed by atoms with Gasteiger partial charge in [-0.15, -0.1) is 11.3 Å². The SMILES string of the molecule is O=S(=O)(NCc1nc(CN2CCCCC2)cs1)c1ccc2c(c1)CCC2. The number of sulfonamides is 1. The highest BCUT2D eigenvalue weighted by molar-refractivity contribution is 7.89. The molecule has 0 spiro atoms. The molecule has 1 aliphatic heterocycles. The van der Waals surface area contributed by atoms with Crippen molar-refractivity contribution >= 4 is 21.4 Å². The van der Waals surface area contributed by atoms with Gasteiger partial charge in [0, 0.05) is 11.9 Å². The smallest absolute Gasteiger partial charge is 0.240 e. The van der Waals surface area contributed by atoms with Crippen molar-refractivity contribution in [3.63, 3.8) is 0 Å². The Hall–Kier alpha value is -1.28. The van der Waals surface area contributed by atoms with Gasteiger partial charge in [-0.05, 0) is 68.5 Å². The third-order valence-electron chi connectivity index (χ3n) is 5.23. The fourth-order valence-corrected chi connectivity index (χ4v) is 5.66. The summed E-state index contributed by atoms with van der Waals surface area (Å²) < 4.78 is 27.9. The lowest BCUT2D eigenvalue weighted by atomic mass is 10.1. The van der Waals surface area contributed by atoms with E-state index in [4.69, 9.17) is 0 Å². The highest BCUT2D eigenvalue weighted by Gasteiger charge is 2.19. The molecular formula is C19H25N3O2S2. The van der Waals surface area contributed by atoms with Crippen LogP contribution in [0, 0.1) is 0 Å². The zero-order valence-corrected chi connectivity index (χ0v) is 16.5. The number of benzene rings is 1. The molecule has 1 saturated heterocycles. The van der Waals surface area contributed by atoms with E-state index < -0.39 is 10.0 Å². The molecule has 1 aromatic heterocycles. The van der Waals surface area contributed by atoms with Crippen LogP contribution in [0.1, 0.15) is 47.5 Å². The summed E-state index contributed by atoms with van der Waals surface area (Å²) in [5.41, 5.74) is 3.50. The van der Waals surface area contributed by atoms with Gasteiger partial charge in [0.1, 0.15) is 5.01 Å². The van der Waals surface area contributed by atoms with Gasteiger partial charge in [-0.1, -0.05) is 12.5 Å². The molecule has 26 heavy (non-hydrogen) atoms. The second-order valence-electron chi connectivity index (χ2n) is 7.18. The first-order valence-electron chi connectivity index (χ1n) is 9.37. The summed E-state index contributed by atoms with van der Waals surface area (Å²) >= 11 is 1.53. The van der Waals surface area contributed by atoms with Crippen molar-refractivity contribution in [2.24, 2.45) is 0 Å². The molecule has 1 fully saturated rings. The molecule has 5 nitrogen and oxygen atoms in total. The van der Waals surface area contributed by atoms with Crippen molar-refractivity contribution in [3.05, 3.63) is 45.4 Å². The van der Waals surface area contributed by atoms with Gasteiger partial charge in [0.15, 0.2) is 0 Å². The second-order valence-corrected chi connectivity index (χ2v) is 9.89. The Morgan fingerprint density at radius 2 is 1.88 bits per heavy atom. The zero-order chi connectivity index (χ0) is 18.0. The lowest BCUT2D eigenvalue weighted by Crippen LogP contribution is -2.29. The molecule has 0 unspecified atom stereocenters. The van der Waals surface area contributed by atoms with Gasteiger partial charge in [0.25, 0.3) is 0 Å². The summed E-state index contributed by atoms with van der Waals surface area (Å²) in [5.74, 6) is 0. The molecule has 1 aromatic carbocycles. The molecule has 2 heterocycles. The van der Waals surface area contributed by atoms with Crippen molar-refractivity contribution in [1.82, 2.24) is 14.6 Å². The topological polar surface area (TPSA) is 62.3 Å². The largest absolute Gasteiger partial charge is 0.297 e. The number of aromatic nitrogens is 1. The van der Waals surface area contributed by atoms with E-state index in [2.05, 4.69) is 14.6 Å². The molecule has 1 N–H and O–H groups in total. The monoisotopic (exact) mass is 391 g/mol. The number of nitrogens with one attached hydrogen (secondary N) is 1. The first-order chi connectivity index (χ1) is 12.6. The van der Waals surface area contributed by atoms with Gasteiger partial charge in [0.2, 0.25) is 10.0 Å². The average molecular weight is 392 g/mol. The van der Waals surface area contributed by atoms with E-state index in [1.807, 2.05) is 17.5 Å². The maximum Gasteiger partial charge on any atom is 0.240 e. The fourth-order valence-electron chi connectivity index (χ4n) is 3.80. The van der Waals surface area contributed by atoms with Gasteiger partial charge in [-0.3, -0.25) is 4.90 Å². The molecule has 4 rings (SSSR count). The Morgan fingerprint density at radius 3 is 2.73 bits per heavy atom. The fraction of sp³-hybridized carbons (Fsp3) is 0.526. The van der Waals surface area contributed by atoms with Crippen LogP contribution in [0.2, 0.25) is 0 Å². The molecule has 2 aromatic rings. The van der Waals surface area contributed by atoms with Gasteiger partial charge >= 0.3 is 0 Å². The predicted molar refractivity (Wildman–Crippen MR) is 104 cm³/mol. The van der Waals surface area contributed by atoms with E-state index in [1.165, 1.54) is 41.7 Å². The van der Waals surface area contributed by atoms with Crippen molar-refractivity contribution in [1.29, 1.82) is 0 Å². The lowest BCUT2D eigenvalue weighted by Gasteiger charge is -2.25. The Kier molecular flexibility index (Phi) is 5.40. The van der Waals surface area contributed by atoms with Gasteiger partial charge < -0.3 is 0 Å². The van der Waals surface area contributed by atoms with Crippen LogP contribution >= 0.6 is 11.3 Å². The highest BCUT2D eigenvalue weighted by Crippen LogP contribution is 2.25. The summed E-state index contributed by atoms with van der Waals surface area (Å²) in [5, 5.41) is 2.87. The highest BCUT2D eigenvalue weighted by atomic mass is 32.2. The van der Waals surface area contributed by atoms with Gasteiger partial charge in [0.05, 0.1) is 17.1 Å². The van der Waals surface area contributed by atoms with Crippen LogP contribution < -0.4 is 4.72 Å². The van der Waals surface area contributed by atoms with Crippen molar-refractivity contribution in [2.45, 2.75) is 56.5 Å². The molecule has 0 bridgehead atoms. The number of aryl methyl sites for hydroxylation is 2. The number of piperidine rings is 1. The van der Waals surface area contributed by atoms with Crippen LogP contribution in [-0.4, -0.2) is 31.4 Å². The van der Waals surface area contributed by atoms with Crippen LogP contribution in [0.3, 0.4) is 0 Å². The number of thiazole rings is 1. The van der Waals surface area contributed by atoms with E-state index in [-0.39, 0.29) is 6.54 Å². The summed E-state index contributed by atoms with van der Waals surface area (Å²) in [6.07, 6.45) is 7.00. The molecular weight excluding hydrogens is 366 g/mol. The number of nitrogens with zero attached hydrogens (tertiary/aromatic N) is 2. The van der Waals surface area contributed by atoms with Crippen LogP contribution in [0.4, 0.5) is 0 Å².